The molecule has 0 aliphatic carbocycles. The molecule has 162 valence electrons. The number of methoxy groups -OCH3 is 1. The van der Waals surface area contributed by atoms with Crippen molar-refractivity contribution in [2.24, 2.45) is 0 Å². The lowest BCUT2D eigenvalue weighted by Gasteiger charge is -2.13. The number of hydrogen-bond donors (Lipinski definition) is 1. The Bertz CT molecular complexity index is 1460. The summed E-state index contributed by atoms with van der Waals surface area (Å²) in [4.78, 5) is 21.4. The Hall–Kier alpha value is -4.25. The molecule has 2 heterocycles. The van der Waals surface area contributed by atoms with Crippen molar-refractivity contribution < 1.29 is 9.53 Å². The molecule has 0 unspecified atom stereocenters. The lowest BCUT2D eigenvalue weighted by atomic mass is 9.96. The lowest BCUT2D eigenvalue weighted by molar-refractivity contribution is -0.120. The first kappa shape index (κ1) is 20.6. The summed E-state index contributed by atoms with van der Waals surface area (Å²) in [6.45, 7) is 0.424. The van der Waals surface area contributed by atoms with E-state index in [4.69, 9.17) is 4.74 Å². The molecule has 0 saturated carbocycles. The van der Waals surface area contributed by atoms with E-state index in [1.807, 2.05) is 73.1 Å². The van der Waals surface area contributed by atoms with Crippen LogP contribution < -0.4 is 10.1 Å². The van der Waals surface area contributed by atoms with E-state index in [2.05, 4.69) is 27.4 Å². The summed E-state index contributed by atoms with van der Waals surface area (Å²) in [5.41, 5.74) is 3.95. The van der Waals surface area contributed by atoms with Gasteiger partial charge in [-0.1, -0.05) is 48.5 Å². The molecule has 3 aromatic carbocycles. The minimum atomic E-state index is -0.0632. The summed E-state index contributed by atoms with van der Waals surface area (Å²) in [6.07, 6.45) is 5.70. The molecular weight excluding hydrogens is 410 g/mol. The predicted molar refractivity (Wildman–Crippen MR) is 131 cm³/mol. The first-order valence-corrected chi connectivity index (χ1v) is 10.8. The summed E-state index contributed by atoms with van der Waals surface area (Å²) < 4.78 is 5.38. The number of benzene rings is 3. The van der Waals surface area contributed by atoms with Crippen molar-refractivity contribution in [3.63, 3.8) is 0 Å². The monoisotopic (exact) mass is 433 g/mol. The van der Waals surface area contributed by atoms with Gasteiger partial charge in [-0.3, -0.25) is 14.8 Å². The van der Waals surface area contributed by atoms with Crippen molar-refractivity contribution >= 4 is 27.5 Å². The standard InChI is InChI=1S/C28H23N3O2/c1-33-24-8-4-7-20(14-24)25-10-9-22(27-18-29-12-11-26(25)27)17-31-28(32)15-23-13-19-5-2-3-6-21(19)16-30-23/h2-14,16,18H,15,17H2,1H3,(H,31,32). The maximum absolute atomic E-state index is 12.6. The van der Waals surface area contributed by atoms with Gasteiger partial charge in [-0.05, 0) is 51.7 Å². The van der Waals surface area contributed by atoms with E-state index < -0.39 is 0 Å². The van der Waals surface area contributed by atoms with Crippen LogP contribution in [0.2, 0.25) is 0 Å². The highest BCUT2D eigenvalue weighted by Crippen LogP contribution is 2.32. The number of fused-ring (bicyclic) bond motifs is 2. The average Bonchev–Trinajstić information content (AvgIpc) is 2.87. The van der Waals surface area contributed by atoms with Gasteiger partial charge >= 0.3 is 0 Å². The zero-order valence-electron chi connectivity index (χ0n) is 18.3. The average molecular weight is 434 g/mol. The second-order valence-electron chi connectivity index (χ2n) is 7.90. The number of ether oxygens (including phenoxy) is 1. The molecule has 0 fully saturated rings. The second-order valence-corrected chi connectivity index (χ2v) is 7.90. The number of nitrogens with one attached hydrogen (secondary N) is 1. The first-order valence-electron chi connectivity index (χ1n) is 10.8. The van der Waals surface area contributed by atoms with Gasteiger partial charge in [0.25, 0.3) is 0 Å². The van der Waals surface area contributed by atoms with Gasteiger partial charge in [-0.15, -0.1) is 0 Å². The molecule has 0 saturated heterocycles. The Labute approximate surface area is 192 Å². The number of rotatable bonds is 6. The fraction of sp³-hybridized carbons (Fsp3) is 0.107. The van der Waals surface area contributed by atoms with Crippen molar-refractivity contribution in [2.75, 3.05) is 7.11 Å². The molecule has 0 aliphatic heterocycles. The van der Waals surface area contributed by atoms with Crippen molar-refractivity contribution in [3.05, 3.63) is 103 Å². The van der Waals surface area contributed by atoms with Gasteiger partial charge < -0.3 is 10.1 Å². The number of amides is 1. The number of aromatic nitrogens is 2. The number of carbonyl (C=O) groups is 1. The van der Waals surface area contributed by atoms with Gasteiger partial charge in [0.2, 0.25) is 5.91 Å². The van der Waals surface area contributed by atoms with E-state index in [0.29, 0.717) is 6.54 Å². The van der Waals surface area contributed by atoms with Gasteiger partial charge in [-0.25, -0.2) is 0 Å². The molecule has 0 spiro atoms. The topological polar surface area (TPSA) is 64.1 Å². The largest absolute Gasteiger partial charge is 0.497 e. The van der Waals surface area contributed by atoms with Crippen molar-refractivity contribution in [3.8, 4) is 16.9 Å². The summed E-state index contributed by atoms with van der Waals surface area (Å²) in [5, 5.41) is 7.29. The highest BCUT2D eigenvalue weighted by atomic mass is 16.5. The lowest BCUT2D eigenvalue weighted by Crippen LogP contribution is -2.25. The van der Waals surface area contributed by atoms with E-state index >= 15 is 0 Å². The molecule has 0 aliphatic rings. The highest BCUT2D eigenvalue weighted by molar-refractivity contribution is 5.98. The smallest absolute Gasteiger partial charge is 0.226 e. The van der Waals surface area contributed by atoms with E-state index in [9.17, 15) is 4.79 Å². The molecule has 1 amide bonds. The molecule has 0 bridgehead atoms. The Balaban J connectivity index is 1.36. The van der Waals surface area contributed by atoms with E-state index in [1.54, 1.807) is 13.3 Å². The molecule has 2 aromatic heterocycles. The number of carbonyl (C=O) groups excluding carboxylic acids is 1. The van der Waals surface area contributed by atoms with Crippen molar-refractivity contribution in [1.29, 1.82) is 0 Å². The molecule has 1 N–H and O–H groups in total. The summed E-state index contributed by atoms with van der Waals surface area (Å²) in [5.74, 6) is 0.750. The van der Waals surface area contributed by atoms with Gasteiger partial charge in [-0.2, -0.15) is 0 Å². The van der Waals surface area contributed by atoms with Crippen LogP contribution >= 0.6 is 0 Å². The highest BCUT2D eigenvalue weighted by Gasteiger charge is 2.11. The third-order valence-corrected chi connectivity index (χ3v) is 5.79. The molecule has 33 heavy (non-hydrogen) atoms. The van der Waals surface area contributed by atoms with Crippen LogP contribution in [0.3, 0.4) is 0 Å². The van der Waals surface area contributed by atoms with Gasteiger partial charge in [0.1, 0.15) is 5.75 Å². The van der Waals surface area contributed by atoms with Crippen LogP contribution in [0.15, 0.2) is 91.4 Å². The molecular formula is C28H23N3O2. The fourth-order valence-electron chi connectivity index (χ4n) is 4.09. The van der Waals surface area contributed by atoms with Crippen LogP contribution in [-0.2, 0) is 17.8 Å². The Morgan fingerprint density at radius 2 is 1.79 bits per heavy atom. The quantitative estimate of drug-likeness (QED) is 0.394. The number of nitrogens with zero attached hydrogens (tertiary/aromatic N) is 2. The van der Waals surface area contributed by atoms with Gasteiger partial charge in [0.15, 0.2) is 0 Å². The van der Waals surface area contributed by atoms with Crippen LogP contribution in [0.1, 0.15) is 11.3 Å². The van der Waals surface area contributed by atoms with Gasteiger partial charge in [0.05, 0.1) is 19.2 Å². The van der Waals surface area contributed by atoms with Crippen LogP contribution in [0, 0.1) is 0 Å². The number of hydrogen-bond acceptors (Lipinski definition) is 4. The third kappa shape index (κ3) is 4.39. The van der Waals surface area contributed by atoms with Crippen molar-refractivity contribution in [2.45, 2.75) is 13.0 Å². The van der Waals surface area contributed by atoms with Crippen LogP contribution in [0.25, 0.3) is 32.7 Å². The van der Waals surface area contributed by atoms with Gasteiger partial charge in [0, 0.05) is 35.9 Å². The molecule has 5 heteroatoms. The van der Waals surface area contributed by atoms with Crippen LogP contribution in [0.5, 0.6) is 5.75 Å². The first-order chi connectivity index (χ1) is 16.2. The Kier molecular flexibility index (Phi) is 5.68. The SMILES string of the molecule is COc1cccc(-c2ccc(CNC(=O)Cc3cc4ccccc4cn3)c3cnccc23)c1. The summed E-state index contributed by atoms with van der Waals surface area (Å²) in [7, 11) is 1.67. The summed E-state index contributed by atoms with van der Waals surface area (Å²) >= 11 is 0. The number of pyridine rings is 2. The van der Waals surface area contributed by atoms with Crippen molar-refractivity contribution in [1.82, 2.24) is 15.3 Å². The minimum absolute atomic E-state index is 0.0632. The predicted octanol–water partition coefficient (Wildman–Crippen LogP) is 5.32. The molecule has 0 atom stereocenters. The zero-order chi connectivity index (χ0) is 22.6. The zero-order valence-corrected chi connectivity index (χ0v) is 18.3. The normalized spacial score (nSPS) is 10.9. The third-order valence-electron chi connectivity index (χ3n) is 5.79. The molecule has 0 radical (unpaired) electrons. The maximum atomic E-state index is 12.6. The maximum Gasteiger partial charge on any atom is 0.226 e. The molecule has 5 nitrogen and oxygen atoms in total. The van der Waals surface area contributed by atoms with Crippen LogP contribution in [-0.4, -0.2) is 23.0 Å². The van der Waals surface area contributed by atoms with Crippen LogP contribution in [0.4, 0.5) is 0 Å². The fourth-order valence-corrected chi connectivity index (χ4v) is 4.09. The van der Waals surface area contributed by atoms with E-state index in [0.717, 1.165) is 49.7 Å². The van der Waals surface area contributed by atoms with E-state index in [-0.39, 0.29) is 12.3 Å². The Morgan fingerprint density at radius 1 is 0.909 bits per heavy atom. The summed E-state index contributed by atoms with van der Waals surface area (Å²) in [6, 6.07) is 24.1. The molecule has 5 aromatic rings. The minimum Gasteiger partial charge on any atom is -0.497 e. The molecule has 5 rings (SSSR count). The second kappa shape index (κ2) is 9.09. The van der Waals surface area contributed by atoms with E-state index in [1.165, 1.54) is 0 Å². The Morgan fingerprint density at radius 3 is 2.67 bits per heavy atom.